The lowest BCUT2D eigenvalue weighted by atomic mass is 10.1. The number of aryl methyl sites for hydroxylation is 1. The summed E-state index contributed by atoms with van der Waals surface area (Å²) >= 11 is 1.76. The van der Waals surface area contributed by atoms with Gasteiger partial charge in [0.15, 0.2) is 0 Å². The molecule has 1 amide bonds. The van der Waals surface area contributed by atoms with E-state index in [1.807, 2.05) is 6.92 Å². The second kappa shape index (κ2) is 7.51. The Morgan fingerprint density at radius 1 is 1.56 bits per heavy atom. The summed E-state index contributed by atoms with van der Waals surface area (Å²) in [5.74, 6) is -0.104. The molecule has 2 atom stereocenters. The van der Waals surface area contributed by atoms with Crippen molar-refractivity contribution in [3.05, 3.63) is 21.9 Å². The molecule has 102 valence electrons. The third-order valence-corrected chi connectivity index (χ3v) is 3.68. The Morgan fingerprint density at radius 2 is 2.28 bits per heavy atom. The number of hydrogen-bond donors (Lipinski definition) is 2. The Hall–Kier alpha value is -0.910. The normalized spacial score (nSPS) is 14.2. The lowest BCUT2D eigenvalue weighted by molar-refractivity contribution is -0.123. The number of carbonyl (C=O) groups is 1. The lowest BCUT2D eigenvalue weighted by Gasteiger charge is -2.16. The fourth-order valence-electron chi connectivity index (χ4n) is 1.67. The van der Waals surface area contributed by atoms with Crippen LogP contribution in [0, 0.1) is 6.92 Å². The molecule has 0 aliphatic heterocycles. The zero-order valence-electron chi connectivity index (χ0n) is 11.2. The standard InChI is InChI=1S/C13H22N2O2S/c1-9(8-11-5-4-10(2)18-11)15-13(16)12(14)6-7-17-3/h4-5,9,12H,6-8,14H2,1-3H3,(H,15,16). The molecule has 0 bridgehead atoms. The summed E-state index contributed by atoms with van der Waals surface area (Å²) < 4.78 is 4.91. The molecule has 3 N–H and O–H groups in total. The van der Waals surface area contributed by atoms with Gasteiger partial charge in [0.2, 0.25) is 5.91 Å². The number of thiophene rings is 1. The van der Waals surface area contributed by atoms with E-state index in [1.54, 1.807) is 18.4 Å². The number of ether oxygens (including phenoxy) is 1. The first-order valence-electron chi connectivity index (χ1n) is 6.13. The van der Waals surface area contributed by atoms with E-state index in [-0.39, 0.29) is 11.9 Å². The van der Waals surface area contributed by atoms with Gasteiger partial charge in [-0.1, -0.05) is 0 Å². The van der Waals surface area contributed by atoms with Gasteiger partial charge < -0.3 is 15.8 Å². The van der Waals surface area contributed by atoms with Crippen LogP contribution >= 0.6 is 11.3 Å². The van der Waals surface area contributed by atoms with Gasteiger partial charge in [-0.05, 0) is 32.4 Å². The maximum Gasteiger partial charge on any atom is 0.237 e. The van der Waals surface area contributed by atoms with Gasteiger partial charge in [0.25, 0.3) is 0 Å². The monoisotopic (exact) mass is 270 g/mol. The van der Waals surface area contributed by atoms with Crippen LogP contribution < -0.4 is 11.1 Å². The van der Waals surface area contributed by atoms with E-state index in [4.69, 9.17) is 10.5 Å². The maximum absolute atomic E-state index is 11.8. The van der Waals surface area contributed by atoms with Gasteiger partial charge in [0.1, 0.15) is 0 Å². The topological polar surface area (TPSA) is 64.3 Å². The number of amides is 1. The molecule has 1 aromatic rings. The summed E-state index contributed by atoms with van der Waals surface area (Å²) in [6.07, 6.45) is 1.40. The third-order valence-electron chi connectivity index (χ3n) is 2.66. The third kappa shape index (κ3) is 5.16. The van der Waals surface area contributed by atoms with Crippen LogP contribution in [-0.2, 0) is 16.0 Å². The summed E-state index contributed by atoms with van der Waals surface area (Å²) in [5.41, 5.74) is 5.76. The van der Waals surface area contributed by atoms with Crippen LogP contribution in [0.2, 0.25) is 0 Å². The van der Waals surface area contributed by atoms with E-state index >= 15 is 0 Å². The van der Waals surface area contributed by atoms with Gasteiger partial charge in [0.05, 0.1) is 6.04 Å². The Bertz CT molecular complexity index is 379. The van der Waals surface area contributed by atoms with Gasteiger partial charge in [-0.3, -0.25) is 4.79 Å². The SMILES string of the molecule is COCCC(N)C(=O)NC(C)Cc1ccc(C)s1. The first kappa shape index (κ1) is 15.1. The van der Waals surface area contributed by atoms with Crippen molar-refractivity contribution in [2.24, 2.45) is 5.73 Å². The molecule has 18 heavy (non-hydrogen) atoms. The highest BCUT2D eigenvalue weighted by Gasteiger charge is 2.15. The molecule has 0 fully saturated rings. The van der Waals surface area contributed by atoms with Crippen molar-refractivity contribution in [1.29, 1.82) is 0 Å². The quantitative estimate of drug-likeness (QED) is 0.788. The average molecular weight is 270 g/mol. The van der Waals surface area contributed by atoms with Gasteiger partial charge in [0, 0.05) is 35.9 Å². The maximum atomic E-state index is 11.8. The minimum atomic E-state index is -0.488. The summed E-state index contributed by atoms with van der Waals surface area (Å²) in [6, 6.07) is 3.81. The predicted molar refractivity (Wildman–Crippen MR) is 74.8 cm³/mol. The number of nitrogens with one attached hydrogen (secondary N) is 1. The van der Waals surface area contributed by atoms with E-state index < -0.39 is 6.04 Å². The zero-order valence-corrected chi connectivity index (χ0v) is 12.0. The number of methoxy groups -OCH3 is 1. The molecule has 1 aromatic heterocycles. The van der Waals surface area contributed by atoms with Crippen LogP contribution in [0.15, 0.2) is 12.1 Å². The highest BCUT2D eigenvalue weighted by atomic mass is 32.1. The molecule has 4 nitrogen and oxygen atoms in total. The summed E-state index contributed by atoms with van der Waals surface area (Å²) in [7, 11) is 1.60. The van der Waals surface area contributed by atoms with Crippen LogP contribution in [0.5, 0.6) is 0 Å². The highest BCUT2D eigenvalue weighted by molar-refractivity contribution is 7.11. The van der Waals surface area contributed by atoms with Gasteiger partial charge in [-0.15, -0.1) is 11.3 Å². The number of hydrogen-bond acceptors (Lipinski definition) is 4. The summed E-state index contributed by atoms with van der Waals surface area (Å²) in [4.78, 5) is 14.3. The predicted octanol–water partition coefficient (Wildman–Crippen LogP) is 1.47. The second-order valence-electron chi connectivity index (χ2n) is 4.51. The van der Waals surface area contributed by atoms with E-state index in [0.29, 0.717) is 13.0 Å². The Kier molecular flexibility index (Phi) is 6.32. The highest BCUT2D eigenvalue weighted by Crippen LogP contribution is 2.16. The van der Waals surface area contributed by atoms with Crippen molar-refractivity contribution >= 4 is 17.2 Å². The lowest BCUT2D eigenvalue weighted by Crippen LogP contribution is -2.45. The first-order chi connectivity index (χ1) is 8.52. The molecular formula is C13H22N2O2S. The summed E-state index contributed by atoms with van der Waals surface area (Å²) in [5, 5.41) is 2.93. The molecule has 1 heterocycles. The molecule has 0 aliphatic carbocycles. The molecule has 2 unspecified atom stereocenters. The van der Waals surface area contributed by atoms with Gasteiger partial charge in [-0.25, -0.2) is 0 Å². The molecule has 0 saturated carbocycles. The van der Waals surface area contributed by atoms with Crippen molar-refractivity contribution in [2.75, 3.05) is 13.7 Å². The minimum Gasteiger partial charge on any atom is -0.385 e. The fourth-order valence-corrected chi connectivity index (χ4v) is 2.69. The average Bonchev–Trinajstić information content (AvgIpc) is 2.71. The molecule has 0 aromatic carbocycles. The molecule has 0 spiro atoms. The van der Waals surface area contributed by atoms with Crippen molar-refractivity contribution in [2.45, 2.75) is 38.8 Å². The van der Waals surface area contributed by atoms with Crippen LogP contribution in [-0.4, -0.2) is 31.7 Å². The molecular weight excluding hydrogens is 248 g/mol. The Labute approximate surface area is 113 Å². The molecule has 0 aliphatic rings. The number of rotatable bonds is 7. The number of carbonyl (C=O) groups excluding carboxylic acids is 1. The van der Waals surface area contributed by atoms with Gasteiger partial charge in [-0.2, -0.15) is 0 Å². The Morgan fingerprint density at radius 3 is 2.83 bits per heavy atom. The fraction of sp³-hybridized carbons (Fsp3) is 0.615. The number of nitrogens with two attached hydrogens (primary N) is 1. The smallest absolute Gasteiger partial charge is 0.237 e. The second-order valence-corrected chi connectivity index (χ2v) is 5.89. The van der Waals surface area contributed by atoms with E-state index in [0.717, 1.165) is 6.42 Å². The molecule has 1 rings (SSSR count). The van der Waals surface area contributed by atoms with E-state index in [2.05, 4.69) is 24.4 Å². The van der Waals surface area contributed by atoms with Crippen molar-refractivity contribution < 1.29 is 9.53 Å². The largest absolute Gasteiger partial charge is 0.385 e. The molecule has 0 saturated heterocycles. The van der Waals surface area contributed by atoms with Crippen molar-refractivity contribution in [3.63, 3.8) is 0 Å². The van der Waals surface area contributed by atoms with Crippen molar-refractivity contribution in [1.82, 2.24) is 5.32 Å². The molecule has 5 heteroatoms. The van der Waals surface area contributed by atoms with Crippen LogP contribution in [0.1, 0.15) is 23.1 Å². The minimum absolute atomic E-state index is 0.101. The van der Waals surface area contributed by atoms with E-state index in [9.17, 15) is 4.79 Å². The van der Waals surface area contributed by atoms with E-state index in [1.165, 1.54) is 9.75 Å². The zero-order chi connectivity index (χ0) is 13.5. The van der Waals surface area contributed by atoms with Crippen LogP contribution in [0.3, 0.4) is 0 Å². The van der Waals surface area contributed by atoms with Crippen LogP contribution in [0.4, 0.5) is 0 Å². The Balaban J connectivity index is 2.35. The first-order valence-corrected chi connectivity index (χ1v) is 6.94. The summed E-state index contributed by atoms with van der Waals surface area (Å²) in [6.45, 7) is 4.58. The van der Waals surface area contributed by atoms with Crippen molar-refractivity contribution in [3.8, 4) is 0 Å². The molecule has 0 radical (unpaired) electrons. The van der Waals surface area contributed by atoms with Crippen LogP contribution in [0.25, 0.3) is 0 Å². The van der Waals surface area contributed by atoms with Gasteiger partial charge >= 0.3 is 0 Å².